The van der Waals surface area contributed by atoms with Gasteiger partial charge in [-0.25, -0.2) is 9.78 Å². The van der Waals surface area contributed by atoms with Gasteiger partial charge < -0.3 is 24.7 Å². The third-order valence-corrected chi connectivity index (χ3v) is 5.76. The van der Waals surface area contributed by atoms with Crippen LogP contribution in [0.15, 0.2) is 36.5 Å². The van der Waals surface area contributed by atoms with Crippen LogP contribution in [0.3, 0.4) is 0 Å². The molecule has 3 aromatic rings. The van der Waals surface area contributed by atoms with Gasteiger partial charge >= 0.3 is 5.97 Å². The highest BCUT2D eigenvalue weighted by Gasteiger charge is 2.29. The van der Waals surface area contributed by atoms with Crippen molar-refractivity contribution in [2.24, 2.45) is 5.92 Å². The number of ether oxygens (including phenoxy) is 2. The number of carbonyl (C=O) groups is 2. The Hall–Kier alpha value is -3.39. The van der Waals surface area contributed by atoms with Crippen molar-refractivity contribution in [3.8, 4) is 0 Å². The van der Waals surface area contributed by atoms with E-state index in [1.54, 1.807) is 10.8 Å². The van der Waals surface area contributed by atoms with Crippen molar-refractivity contribution in [1.82, 2.24) is 9.55 Å². The van der Waals surface area contributed by atoms with Crippen LogP contribution >= 0.6 is 0 Å². The van der Waals surface area contributed by atoms with E-state index >= 15 is 0 Å². The average Bonchev–Trinajstić information content (AvgIpc) is 3.45. The Morgan fingerprint density at radius 1 is 1.28 bits per heavy atom. The zero-order chi connectivity index (χ0) is 22.7. The van der Waals surface area contributed by atoms with Crippen LogP contribution in [0.1, 0.15) is 35.0 Å². The molecule has 0 saturated carbocycles. The zero-order valence-electron chi connectivity index (χ0n) is 18.6. The van der Waals surface area contributed by atoms with Gasteiger partial charge in [0.1, 0.15) is 5.65 Å². The Morgan fingerprint density at radius 3 is 2.72 bits per heavy atom. The van der Waals surface area contributed by atoms with Gasteiger partial charge in [0.25, 0.3) is 0 Å². The molecule has 0 bridgehead atoms. The molecule has 1 atom stereocenters. The number of anilines is 2. The first-order valence-electron chi connectivity index (χ1n) is 10.8. The highest BCUT2D eigenvalue weighted by molar-refractivity contribution is 6.11. The normalized spacial score (nSPS) is 15.7. The number of pyridine rings is 1. The van der Waals surface area contributed by atoms with Gasteiger partial charge in [0.05, 0.1) is 37.2 Å². The first-order valence-corrected chi connectivity index (χ1v) is 10.8. The van der Waals surface area contributed by atoms with Crippen molar-refractivity contribution in [1.29, 1.82) is 0 Å². The molecule has 1 saturated heterocycles. The van der Waals surface area contributed by atoms with Crippen molar-refractivity contribution in [2.45, 2.75) is 33.4 Å². The quantitative estimate of drug-likeness (QED) is 0.548. The Balaban J connectivity index is 1.70. The fourth-order valence-corrected chi connectivity index (χ4v) is 3.94. The number of nitrogens with zero attached hydrogens (tertiary/aromatic N) is 2. The molecule has 0 unspecified atom stereocenters. The van der Waals surface area contributed by atoms with Crippen molar-refractivity contribution in [3.05, 3.63) is 53.3 Å². The lowest BCUT2D eigenvalue weighted by Gasteiger charge is -2.11. The van der Waals surface area contributed by atoms with Gasteiger partial charge in [0, 0.05) is 25.1 Å². The van der Waals surface area contributed by atoms with Crippen molar-refractivity contribution in [3.63, 3.8) is 0 Å². The number of methoxy groups -OCH3 is 1. The molecule has 2 N–H and O–H groups in total. The minimum Gasteiger partial charge on any atom is -0.464 e. The number of hydrogen-bond donors (Lipinski definition) is 2. The van der Waals surface area contributed by atoms with E-state index in [2.05, 4.69) is 46.8 Å². The second-order valence-electron chi connectivity index (χ2n) is 7.94. The number of benzene rings is 1. The first kappa shape index (κ1) is 21.8. The maximum Gasteiger partial charge on any atom is 0.356 e. The van der Waals surface area contributed by atoms with Crippen LogP contribution in [-0.4, -0.2) is 41.8 Å². The number of rotatable bonds is 7. The lowest BCUT2D eigenvalue weighted by Crippen LogP contribution is -2.24. The van der Waals surface area contributed by atoms with Gasteiger partial charge in [-0.3, -0.25) is 4.79 Å². The van der Waals surface area contributed by atoms with Gasteiger partial charge in [-0.2, -0.15) is 0 Å². The highest BCUT2D eigenvalue weighted by Crippen LogP contribution is 2.33. The van der Waals surface area contributed by atoms with Crippen LogP contribution in [0.5, 0.6) is 0 Å². The van der Waals surface area contributed by atoms with E-state index in [-0.39, 0.29) is 11.8 Å². The van der Waals surface area contributed by atoms with Crippen molar-refractivity contribution >= 4 is 34.3 Å². The lowest BCUT2D eigenvalue weighted by molar-refractivity contribution is -0.119. The number of carbonyl (C=O) groups excluding carboxylic acids is 2. The molecule has 1 aliphatic rings. The van der Waals surface area contributed by atoms with Gasteiger partial charge in [-0.15, -0.1) is 0 Å². The summed E-state index contributed by atoms with van der Waals surface area (Å²) >= 11 is 0. The first-order chi connectivity index (χ1) is 15.5. The minimum absolute atomic E-state index is 0.166. The molecular formula is C24H28N4O4. The molecule has 8 heteroatoms. The van der Waals surface area contributed by atoms with E-state index in [9.17, 15) is 9.59 Å². The maximum atomic E-state index is 12.9. The van der Waals surface area contributed by atoms with Gasteiger partial charge in [-0.1, -0.05) is 29.8 Å². The Bertz CT molecular complexity index is 1130. The number of aromatic nitrogens is 2. The van der Waals surface area contributed by atoms with E-state index in [0.717, 1.165) is 11.3 Å². The number of amides is 1. The summed E-state index contributed by atoms with van der Waals surface area (Å²) in [5, 5.41) is 7.03. The Labute approximate surface area is 186 Å². The molecule has 32 heavy (non-hydrogen) atoms. The van der Waals surface area contributed by atoms with Crippen LogP contribution in [0, 0.1) is 12.8 Å². The van der Waals surface area contributed by atoms with Crippen LogP contribution in [0.2, 0.25) is 0 Å². The minimum atomic E-state index is -0.517. The largest absolute Gasteiger partial charge is 0.464 e. The molecule has 168 valence electrons. The molecule has 3 heterocycles. The van der Waals surface area contributed by atoms with Crippen LogP contribution in [0.25, 0.3) is 11.0 Å². The summed E-state index contributed by atoms with van der Waals surface area (Å²) in [5.41, 5.74) is 4.49. The number of fused-ring (bicyclic) bond motifs is 1. The summed E-state index contributed by atoms with van der Waals surface area (Å²) < 4.78 is 12.1. The molecule has 0 spiro atoms. The monoisotopic (exact) mass is 436 g/mol. The van der Waals surface area contributed by atoms with Crippen molar-refractivity contribution < 1.29 is 19.1 Å². The van der Waals surface area contributed by atoms with Crippen molar-refractivity contribution in [2.75, 3.05) is 31.0 Å². The summed E-state index contributed by atoms with van der Waals surface area (Å²) in [7, 11) is 1.33. The summed E-state index contributed by atoms with van der Waals surface area (Å²) in [6.07, 6.45) is 2.40. The van der Waals surface area contributed by atoms with Crippen LogP contribution in [-0.2, 0) is 27.4 Å². The summed E-state index contributed by atoms with van der Waals surface area (Å²) in [6, 6.07) is 10.2. The lowest BCUT2D eigenvalue weighted by atomic mass is 10.1. The second-order valence-corrected chi connectivity index (χ2v) is 7.94. The van der Waals surface area contributed by atoms with Crippen LogP contribution in [0.4, 0.5) is 11.4 Å². The van der Waals surface area contributed by atoms with E-state index in [4.69, 9.17) is 9.47 Å². The molecule has 2 aromatic heterocycles. The maximum absolute atomic E-state index is 12.9. The van der Waals surface area contributed by atoms with Crippen LogP contribution < -0.4 is 10.6 Å². The van der Waals surface area contributed by atoms with Gasteiger partial charge in [-0.05, 0) is 31.9 Å². The molecule has 1 fully saturated rings. The fourth-order valence-electron chi connectivity index (χ4n) is 3.94. The van der Waals surface area contributed by atoms with E-state index in [1.807, 2.05) is 13.0 Å². The molecule has 1 aliphatic heterocycles. The smallest absolute Gasteiger partial charge is 0.356 e. The zero-order valence-corrected chi connectivity index (χ0v) is 18.6. The molecule has 0 aliphatic carbocycles. The summed E-state index contributed by atoms with van der Waals surface area (Å²) in [6.45, 7) is 6.06. The highest BCUT2D eigenvalue weighted by atomic mass is 16.5. The fraction of sp³-hybridized carbons (Fsp3) is 0.375. The summed E-state index contributed by atoms with van der Waals surface area (Å²) in [4.78, 5) is 30.1. The number of esters is 1. The standard InChI is InChI=1S/C24H28N4O4/c1-4-28-21(24(30)31-3)20(27-23(29)17-9-10-32-14-17)19-11-18(13-26-22(19)28)25-12-16-7-5-15(2)6-8-16/h5-8,11,13,17,25H,4,9-10,12,14H2,1-3H3,(H,27,29)/t17-/m1/s1. The topological polar surface area (TPSA) is 94.5 Å². The van der Waals surface area contributed by atoms with E-state index in [0.29, 0.717) is 55.1 Å². The van der Waals surface area contributed by atoms with E-state index in [1.165, 1.54) is 12.7 Å². The third kappa shape index (κ3) is 4.31. The Kier molecular flexibility index (Phi) is 6.41. The van der Waals surface area contributed by atoms with Gasteiger partial charge in [0.2, 0.25) is 5.91 Å². The van der Waals surface area contributed by atoms with E-state index < -0.39 is 5.97 Å². The molecule has 1 amide bonds. The second kappa shape index (κ2) is 9.40. The number of aryl methyl sites for hydroxylation is 2. The third-order valence-electron chi connectivity index (χ3n) is 5.76. The predicted octanol–water partition coefficient (Wildman–Crippen LogP) is 3.74. The SMILES string of the molecule is CCn1c(C(=O)OC)c(NC(=O)[C@@H]2CCOC2)c2cc(NCc3ccc(C)cc3)cnc21. The summed E-state index contributed by atoms with van der Waals surface area (Å²) in [5.74, 6) is -0.922. The average molecular weight is 437 g/mol. The molecule has 8 nitrogen and oxygen atoms in total. The molecule has 0 radical (unpaired) electrons. The molecule has 1 aromatic carbocycles. The van der Waals surface area contributed by atoms with Gasteiger partial charge in [0.15, 0.2) is 5.69 Å². The predicted molar refractivity (Wildman–Crippen MR) is 123 cm³/mol. The Morgan fingerprint density at radius 2 is 2.06 bits per heavy atom. The molecule has 4 rings (SSSR count). The number of hydrogen-bond acceptors (Lipinski definition) is 6. The number of nitrogens with one attached hydrogen (secondary N) is 2. The molecular weight excluding hydrogens is 408 g/mol.